The Hall–Kier alpha value is -4.18. The molecular weight excluding hydrogens is 412 g/mol. The van der Waals surface area contributed by atoms with Crippen LogP contribution in [0.15, 0.2) is 97.1 Å². The van der Waals surface area contributed by atoms with Gasteiger partial charge in [-0.25, -0.2) is 9.59 Å². The van der Waals surface area contributed by atoms with Gasteiger partial charge in [-0.1, -0.05) is 79.7 Å². The molecule has 0 fully saturated rings. The Kier molecular flexibility index (Phi) is 6.65. The van der Waals surface area contributed by atoms with E-state index < -0.39 is 11.9 Å². The van der Waals surface area contributed by atoms with Crippen LogP contribution >= 0.6 is 0 Å². The Bertz CT molecular complexity index is 1260. The summed E-state index contributed by atoms with van der Waals surface area (Å²) in [5, 5.41) is 0. The molecule has 164 valence electrons. The lowest BCUT2D eigenvalue weighted by Gasteiger charge is -2.20. The van der Waals surface area contributed by atoms with Crippen molar-refractivity contribution >= 4 is 11.9 Å². The molecule has 4 heteroatoms. The number of carbonyl (C=O) groups is 2. The Balaban J connectivity index is 1.87. The Morgan fingerprint density at radius 2 is 1.12 bits per heavy atom. The zero-order chi connectivity index (χ0) is 23.2. The molecule has 0 atom stereocenters. The van der Waals surface area contributed by atoms with Crippen molar-refractivity contribution in [1.29, 1.82) is 0 Å². The van der Waals surface area contributed by atoms with E-state index in [0.717, 1.165) is 16.7 Å². The molecule has 0 spiro atoms. The third-order valence-corrected chi connectivity index (χ3v) is 5.36. The Morgan fingerprint density at radius 3 is 1.61 bits per heavy atom. The van der Waals surface area contributed by atoms with Gasteiger partial charge in [0.15, 0.2) is 11.5 Å². The van der Waals surface area contributed by atoms with Gasteiger partial charge in [0.25, 0.3) is 0 Å². The summed E-state index contributed by atoms with van der Waals surface area (Å²) in [5.74, 6) is -0.545. The summed E-state index contributed by atoms with van der Waals surface area (Å²) in [7, 11) is 0. The lowest BCUT2D eigenvalue weighted by molar-refractivity contribution is 0.0682. The van der Waals surface area contributed by atoms with E-state index in [1.165, 1.54) is 0 Å². The van der Waals surface area contributed by atoms with E-state index in [9.17, 15) is 9.59 Å². The van der Waals surface area contributed by atoms with Crippen molar-refractivity contribution in [2.24, 2.45) is 0 Å². The second kappa shape index (κ2) is 9.96. The summed E-state index contributed by atoms with van der Waals surface area (Å²) in [5.41, 5.74) is 4.15. The maximum atomic E-state index is 13.1. The molecule has 0 saturated carbocycles. The van der Waals surface area contributed by atoms with Crippen LogP contribution in [0.25, 0.3) is 11.1 Å². The fourth-order valence-corrected chi connectivity index (χ4v) is 3.71. The van der Waals surface area contributed by atoms with Crippen molar-refractivity contribution in [3.8, 4) is 22.6 Å². The van der Waals surface area contributed by atoms with Crippen LogP contribution in [0.5, 0.6) is 11.5 Å². The van der Waals surface area contributed by atoms with E-state index in [1.54, 1.807) is 48.5 Å². The minimum Gasteiger partial charge on any atom is -0.419 e. The molecule has 4 aromatic rings. The number of benzene rings is 4. The summed E-state index contributed by atoms with van der Waals surface area (Å²) in [6, 6.07) is 29.2. The number of aryl methyl sites for hydroxylation is 2. The second-order valence-corrected chi connectivity index (χ2v) is 7.62. The van der Waals surface area contributed by atoms with Crippen LogP contribution in [0.2, 0.25) is 0 Å². The van der Waals surface area contributed by atoms with Crippen molar-refractivity contribution in [1.82, 2.24) is 0 Å². The van der Waals surface area contributed by atoms with Gasteiger partial charge in [-0.2, -0.15) is 0 Å². The van der Waals surface area contributed by atoms with E-state index in [1.807, 2.05) is 62.4 Å². The highest BCUT2D eigenvalue weighted by molar-refractivity contribution is 5.95. The Labute approximate surface area is 193 Å². The molecule has 0 aliphatic carbocycles. The monoisotopic (exact) mass is 436 g/mol. The van der Waals surface area contributed by atoms with Crippen molar-refractivity contribution in [2.45, 2.75) is 20.3 Å². The smallest absolute Gasteiger partial charge is 0.343 e. The van der Waals surface area contributed by atoms with Gasteiger partial charge in [-0.15, -0.1) is 0 Å². The fourth-order valence-electron chi connectivity index (χ4n) is 3.71. The van der Waals surface area contributed by atoms with Crippen molar-refractivity contribution in [3.05, 3.63) is 119 Å². The molecule has 0 bridgehead atoms. The zero-order valence-electron chi connectivity index (χ0n) is 18.6. The van der Waals surface area contributed by atoms with Crippen LogP contribution in [0, 0.1) is 6.92 Å². The first kappa shape index (κ1) is 22.0. The molecule has 0 saturated heterocycles. The first-order valence-electron chi connectivity index (χ1n) is 10.8. The molecule has 4 rings (SSSR count). The summed E-state index contributed by atoms with van der Waals surface area (Å²) in [6.07, 6.45) is 0.716. The maximum Gasteiger partial charge on any atom is 0.343 e. The molecular formula is C29H24O4. The average molecular weight is 437 g/mol. The molecule has 0 N–H and O–H groups in total. The van der Waals surface area contributed by atoms with Gasteiger partial charge >= 0.3 is 11.9 Å². The quantitative estimate of drug-likeness (QED) is 0.250. The molecule has 0 aliphatic heterocycles. The second-order valence-electron chi connectivity index (χ2n) is 7.62. The third kappa shape index (κ3) is 4.85. The zero-order valence-corrected chi connectivity index (χ0v) is 18.6. The van der Waals surface area contributed by atoms with Crippen LogP contribution < -0.4 is 9.47 Å². The van der Waals surface area contributed by atoms with Crippen molar-refractivity contribution in [3.63, 3.8) is 0 Å². The standard InChI is InChI=1S/C29H24O4/c1-3-21-19-20(2)26(32-28(30)23-15-9-5-10-16-23)27(25(21)22-13-7-4-8-14-22)33-29(31)24-17-11-6-12-18-24/h4-19H,3H2,1-2H3. The molecule has 0 aromatic heterocycles. The third-order valence-electron chi connectivity index (χ3n) is 5.36. The van der Waals surface area contributed by atoms with E-state index in [0.29, 0.717) is 23.1 Å². The van der Waals surface area contributed by atoms with Gasteiger partial charge in [-0.3, -0.25) is 0 Å². The predicted molar refractivity (Wildman–Crippen MR) is 129 cm³/mol. The highest BCUT2D eigenvalue weighted by Crippen LogP contribution is 2.44. The van der Waals surface area contributed by atoms with Gasteiger partial charge < -0.3 is 9.47 Å². The molecule has 4 aromatic carbocycles. The molecule has 4 nitrogen and oxygen atoms in total. The van der Waals surface area contributed by atoms with E-state index in [-0.39, 0.29) is 11.5 Å². The highest BCUT2D eigenvalue weighted by atomic mass is 16.6. The van der Waals surface area contributed by atoms with E-state index in [2.05, 4.69) is 0 Å². The van der Waals surface area contributed by atoms with Gasteiger partial charge in [0.2, 0.25) is 0 Å². The van der Waals surface area contributed by atoms with Gasteiger partial charge in [0.05, 0.1) is 11.1 Å². The number of esters is 2. The SMILES string of the molecule is CCc1cc(C)c(OC(=O)c2ccccc2)c(OC(=O)c2ccccc2)c1-c1ccccc1. The molecule has 0 unspecified atom stereocenters. The number of hydrogen-bond acceptors (Lipinski definition) is 4. The molecule has 0 amide bonds. The summed E-state index contributed by atoms with van der Waals surface area (Å²) < 4.78 is 11.8. The molecule has 0 radical (unpaired) electrons. The van der Waals surface area contributed by atoms with Crippen LogP contribution in [0.4, 0.5) is 0 Å². The van der Waals surface area contributed by atoms with Crippen LogP contribution in [-0.2, 0) is 6.42 Å². The minimum absolute atomic E-state index is 0.240. The lowest BCUT2D eigenvalue weighted by atomic mass is 9.94. The summed E-state index contributed by atoms with van der Waals surface area (Å²) >= 11 is 0. The number of rotatable bonds is 6. The molecule has 0 aliphatic rings. The van der Waals surface area contributed by atoms with E-state index >= 15 is 0 Å². The number of carbonyl (C=O) groups excluding carboxylic acids is 2. The average Bonchev–Trinajstić information content (AvgIpc) is 2.87. The lowest BCUT2D eigenvalue weighted by Crippen LogP contribution is -2.15. The van der Waals surface area contributed by atoms with Crippen LogP contribution in [0.1, 0.15) is 38.8 Å². The highest BCUT2D eigenvalue weighted by Gasteiger charge is 2.25. The van der Waals surface area contributed by atoms with Gasteiger partial charge in [-0.05, 0) is 54.3 Å². The van der Waals surface area contributed by atoms with Crippen LogP contribution in [-0.4, -0.2) is 11.9 Å². The topological polar surface area (TPSA) is 52.6 Å². The number of ether oxygens (including phenoxy) is 2. The van der Waals surface area contributed by atoms with E-state index in [4.69, 9.17) is 9.47 Å². The first-order valence-corrected chi connectivity index (χ1v) is 10.8. The van der Waals surface area contributed by atoms with Crippen molar-refractivity contribution in [2.75, 3.05) is 0 Å². The molecule has 0 heterocycles. The van der Waals surface area contributed by atoms with Crippen LogP contribution in [0.3, 0.4) is 0 Å². The van der Waals surface area contributed by atoms with Crippen molar-refractivity contribution < 1.29 is 19.1 Å². The summed E-state index contributed by atoms with van der Waals surface area (Å²) in [4.78, 5) is 26.0. The summed E-state index contributed by atoms with van der Waals surface area (Å²) in [6.45, 7) is 3.89. The predicted octanol–water partition coefficient (Wildman–Crippen LogP) is 6.66. The molecule has 33 heavy (non-hydrogen) atoms. The Morgan fingerprint density at radius 1 is 0.667 bits per heavy atom. The maximum absolute atomic E-state index is 13.1. The van der Waals surface area contributed by atoms with Gasteiger partial charge in [0, 0.05) is 5.56 Å². The number of hydrogen-bond donors (Lipinski definition) is 0. The minimum atomic E-state index is -0.516. The normalized spacial score (nSPS) is 10.5. The fraction of sp³-hybridized carbons (Fsp3) is 0.103. The largest absolute Gasteiger partial charge is 0.419 e. The first-order chi connectivity index (χ1) is 16.1. The van der Waals surface area contributed by atoms with Gasteiger partial charge in [0.1, 0.15) is 0 Å².